The van der Waals surface area contributed by atoms with Gasteiger partial charge in [0.05, 0.1) is 0 Å². The number of oxime groups is 1. The van der Waals surface area contributed by atoms with Gasteiger partial charge in [0.1, 0.15) is 17.5 Å². The van der Waals surface area contributed by atoms with Crippen molar-refractivity contribution < 1.29 is 5.21 Å². The molecule has 1 aromatic heterocycles. The Morgan fingerprint density at radius 3 is 2.72 bits per heavy atom. The van der Waals surface area contributed by atoms with E-state index >= 15 is 0 Å². The second-order valence-electron chi connectivity index (χ2n) is 4.64. The van der Waals surface area contributed by atoms with Crippen molar-refractivity contribution in [3.8, 4) is 0 Å². The highest BCUT2D eigenvalue weighted by atomic mass is 16.4. The molecular weight excluding hydrogens is 230 g/mol. The first-order valence-electron chi connectivity index (χ1n) is 5.97. The molecule has 0 unspecified atom stereocenters. The van der Waals surface area contributed by atoms with Crippen molar-refractivity contribution in [2.24, 2.45) is 10.9 Å². The number of hydrogen-bond donors (Lipinski definition) is 2. The average molecular weight is 251 g/mol. The molecule has 0 aliphatic heterocycles. The molecule has 0 spiro atoms. The van der Waals surface area contributed by atoms with Crippen LogP contribution in [0, 0.1) is 6.92 Å². The van der Waals surface area contributed by atoms with Crippen LogP contribution in [-0.2, 0) is 0 Å². The fraction of sp³-hybridized carbons (Fsp3) is 0.583. The number of anilines is 1. The molecule has 1 heterocycles. The summed E-state index contributed by atoms with van der Waals surface area (Å²) < 4.78 is 0. The summed E-state index contributed by atoms with van der Waals surface area (Å²) in [6, 6.07) is 1.93. The number of aromatic nitrogens is 2. The van der Waals surface area contributed by atoms with Crippen molar-refractivity contribution in [3.63, 3.8) is 0 Å². The third-order valence-corrected chi connectivity index (χ3v) is 2.60. The van der Waals surface area contributed by atoms with Gasteiger partial charge in [-0.25, -0.2) is 9.97 Å². The fourth-order valence-electron chi connectivity index (χ4n) is 1.47. The zero-order valence-electron chi connectivity index (χ0n) is 11.4. The molecule has 0 saturated heterocycles. The van der Waals surface area contributed by atoms with E-state index in [-0.39, 0.29) is 5.84 Å². The first kappa shape index (κ1) is 14.2. The van der Waals surface area contributed by atoms with Gasteiger partial charge in [-0.2, -0.15) is 0 Å². The number of rotatable bonds is 5. The molecule has 0 amide bonds. The van der Waals surface area contributed by atoms with Gasteiger partial charge in [-0.1, -0.05) is 19.0 Å². The summed E-state index contributed by atoms with van der Waals surface area (Å²) in [6.07, 6.45) is 0.493. The van der Waals surface area contributed by atoms with Gasteiger partial charge in [-0.15, -0.1) is 0 Å². The Hall–Kier alpha value is -1.85. The van der Waals surface area contributed by atoms with Crippen molar-refractivity contribution in [1.82, 2.24) is 9.97 Å². The highest BCUT2D eigenvalue weighted by Gasteiger charge is 2.09. The summed E-state index contributed by atoms with van der Waals surface area (Å²) >= 11 is 0. The maximum atomic E-state index is 8.50. The van der Waals surface area contributed by atoms with Crippen LogP contribution in [0.4, 0.5) is 5.82 Å². The monoisotopic (exact) mass is 251 g/mol. The minimum Gasteiger partial charge on any atom is -0.409 e. The van der Waals surface area contributed by atoms with E-state index in [1.807, 2.05) is 24.9 Å². The summed E-state index contributed by atoms with van der Waals surface area (Å²) in [5.74, 6) is 2.20. The number of amidine groups is 1. The van der Waals surface area contributed by atoms with E-state index in [2.05, 4.69) is 29.0 Å². The van der Waals surface area contributed by atoms with Crippen LogP contribution in [0.3, 0.4) is 0 Å². The molecular formula is C12H21N5O. The quantitative estimate of drug-likeness (QED) is 0.358. The second-order valence-corrected chi connectivity index (χ2v) is 4.64. The third kappa shape index (κ3) is 3.87. The molecule has 0 aliphatic carbocycles. The lowest BCUT2D eigenvalue weighted by Crippen LogP contribution is -2.25. The van der Waals surface area contributed by atoms with Crippen molar-refractivity contribution >= 4 is 11.7 Å². The van der Waals surface area contributed by atoms with E-state index in [1.54, 1.807) is 0 Å². The van der Waals surface area contributed by atoms with E-state index in [9.17, 15) is 0 Å². The lowest BCUT2D eigenvalue weighted by molar-refractivity contribution is 0.317. The SMILES string of the molecule is Cc1cc(N(C)CC/C(N)=N/O)nc(C(C)C)n1. The second kappa shape index (κ2) is 6.18. The van der Waals surface area contributed by atoms with Crippen molar-refractivity contribution in [3.05, 3.63) is 17.6 Å². The molecule has 0 fully saturated rings. The third-order valence-electron chi connectivity index (χ3n) is 2.60. The van der Waals surface area contributed by atoms with E-state index in [0.717, 1.165) is 17.3 Å². The summed E-state index contributed by atoms with van der Waals surface area (Å²) in [7, 11) is 1.93. The van der Waals surface area contributed by atoms with E-state index in [4.69, 9.17) is 10.9 Å². The van der Waals surface area contributed by atoms with Crippen LogP contribution in [0.15, 0.2) is 11.2 Å². The van der Waals surface area contributed by atoms with Gasteiger partial charge in [-0.05, 0) is 6.92 Å². The Labute approximate surface area is 108 Å². The molecule has 6 heteroatoms. The number of nitrogens with zero attached hydrogens (tertiary/aromatic N) is 4. The van der Waals surface area contributed by atoms with Crippen molar-refractivity contribution in [2.75, 3.05) is 18.5 Å². The van der Waals surface area contributed by atoms with Gasteiger partial charge in [0, 0.05) is 37.7 Å². The Balaban J connectivity index is 2.82. The fourth-order valence-corrected chi connectivity index (χ4v) is 1.47. The van der Waals surface area contributed by atoms with Crippen LogP contribution >= 0.6 is 0 Å². The highest BCUT2D eigenvalue weighted by molar-refractivity contribution is 5.80. The zero-order valence-corrected chi connectivity index (χ0v) is 11.4. The Morgan fingerprint density at radius 2 is 2.17 bits per heavy atom. The molecule has 0 atom stereocenters. The predicted molar refractivity (Wildman–Crippen MR) is 72.2 cm³/mol. The van der Waals surface area contributed by atoms with Crippen molar-refractivity contribution in [2.45, 2.75) is 33.1 Å². The van der Waals surface area contributed by atoms with Crippen LogP contribution in [0.5, 0.6) is 0 Å². The lowest BCUT2D eigenvalue weighted by Gasteiger charge is -2.19. The van der Waals surface area contributed by atoms with Crippen LogP contribution in [-0.4, -0.2) is 34.6 Å². The summed E-state index contributed by atoms with van der Waals surface area (Å²) in [6.45, 7) is 6.72. The number of nitrogens with two attached hydrogens (primary N) is 1. The van der Waals surface area contributed by atoms with Crippen LogP contribution < -0.4 is 10.6 Å². The first-order chi connectivity index (χ1) is 8.43. The molecule has 1 aromatic rings. The maximum absolute atomic E-state index is 8.50. The van der Waals surface area contributed by atoms with Crippen LogP contribution in [0.25, 0.3) is 0 Å². The lowest BCUT2D eigenvalue weighted by atomic mass is 10.2. The summed E-state index contributed by atoms with van der Waals surface area (Å²) in [5, 5.41) is 11.5. The molecule has 0 aromatic carbocycles. The standard InChI is InChI=1S/C12H21N5O/c1-8(2)12-14-9(3)7-11(15-12)17(4)6-5-10(13)16-18/h7-8,18H,5-6H2,1-4H3,(H2,13,16). The molecule has 1 rings (SSSR count). The molecule has 0 radical (unpaired) electrons. The van der Waals surface area contributed by atoms with Gasteiger partial charge in [0.15, 0.2) is 0 Å². The van der Waals surface area contributed by atoms with Crippen LogP contribution in [0.2, 0.25) is 0 Å². The molecule has 0 aliphatic rings. The average Bonchev–Trinajstić information content (AvgIpc) is 2.34. The molecule has 0 bridgehead atoms. The van der Waals surface area contributed by atoms with E-state index < -0.39 is 0 Å². The van der Waals surface area contributed by atoms with E-state index in [1.165, 1.54) is 0 Å². The molecule has 3 N–H and O–H groups in total. The minimum absolute atomic E-state index is 0.219. The molecule has 0 saturated carbocycles. The molecule has 100 valence electrons. The van der Waals surface area contributed by atoms with Crippen molar-refractivity contribution in [1.29, 1.82) is 0 Å². The Morgan fingerprint density at radius 1 is 1.50 bits per heavy atom. The predicted octanol–water partition coefficient (Wildman–Crippen LogP) is 1.48. The largest absolute Gasteiger partial charge is 0.409 e. The molecule has 18 heavy (non-hydrogen) atoms. The smallest absolute Gasteiger partial charge is 0.140 e. The maximum Gasteiger partial charge on any atom is 0.140 e. The zero-order chi connectivity index (χ0) is 13.7. The summed E-state index contributed by atoms with van der Waals surface area (Å²) in [5.41, 5.74) is 6.39. The number of aryl methyl sites for hydroxylation is 1. The van der Waals surface area contributed by atoms with Gasteiger partial charge < -0.3 is 15.8 Å². The highest BCUT2D eigenvalue weighted by Crippen LogP contribution is 2.16. The van der Waals surface area contributed by atoms with Gasteiger partial charge in [0.2, 0.25) is 0 Å². The normalized spacial score (nSPS) is 11.9. The van der Waals surface area contributed by atoms with Crippen LogP contribution in [0.1, 0.15) is 37.7 Å². The summed E-state index contributed by atoms with van der Waals surface area (Å²) in [4.78, 5) is 10.9. The Bertz CT molecular complexity index is 430. The number of hydrogen-bond acceptors (Lipinski definition) is 5. The first-order valence-corrected chi connectivity index (χ1v) is 5.97. The Kier molecular flexibility index (Phi) is 4.88. The van der Waals surface area contributed by atoms with Gasteiger partial charge in [-0.3, -0.25) is 0 Å². The van der Waals surface area contributed by atoms with Gasteiger partial charge in [0.25, 0.3) is 0 Å². The topological polar surface area (TPSA) is 87.6 Å². The molecule has 6 nitrogen and oxygen atoms in total. The van der Waals surface area contributed by atoms with E-state index in [0.29, 0.717) is 18.9 Å². The van der Waals surface area contributed by atoms with Gasteiger partial charge >= 0.3 is 0 Å². The minimum atomic E-state index is 0.219.